The molecule has 4 rings (SSSR count). The van der Waals surface area contributed by atoms with Gasteiger partial charge in [0.2, 0.25) is 5.69 Å². The van der Waals surface area contributed by atoms with E-state index in [4.69, 9.17) is 33.1 Å². The third-order valence-corrected chi connectivity index (χ3v) is 11.2. The molecule has 37 heavy (non-hydrogen) atoms. The summed E-state index contributed by atoms with van der Waals surface area (Å²) in [5, 5.41) is 0. The smallest absolute Gasteiger partial charge is 0.244 e. The van der Waals surface area contributed by atoms with Gasteiger partial charge < -0.3 is 9.05 Å². The summed E-state index contributed by atoms with van der Waals surface area (Å²) >= 11 is 10.6. The minimum absolute atomic E-state index is 0.214. The van der Waals surface area contributed by atoms with Gasteiger partial charge in [0, 0.05) is 18.4 Å². The quantitative estimate of drug-likeness (QED) is 0.262. The maximum Gasteiger partial charge on any atom is 0.244 e. The van der Waals surface area contributed by atoms with Crippen molar-refractivity contribution in [2.24, 2.45) is 35.5 Å². The van der Waals surface area contributed by atoms with E-state index in [1.54, 1.807) is 0 Å². The van der Waals surface area contributed by atoms with Gasteiger partial charge >= 0.3 is 0 Å². The summed E-state index contributed by atoms with van der Waals surface area (Å²) in [7, 11) is 2.19. The summed E-state index contributed by atoms with van der Waals surface area (Å²) in [6, 6.07) is 4.79. The van der Waals surface area contributed by atoms with Gasteiger partial charge in [-0.2, -0.15) is 0 Å². The molecular weight excluding hydrogens is 515 g/mol. The molecule has 0 spiro atoms. The number of likely N-dealkylation sites (tertiary alicyclic amines) is 1. The molecule has 0 aromatic carbocycles. The zero-order chi connectivity index (χ0) is 27.2. The van der Waals surface area contributed by atoms with E-state index in [2.05, 4.69) is 64.5 Å². The van der Waals surface area contributed by atoms with E-state index >= 15 is 0 Å². The lowest BCUT2D eigenvalue weighted by atomic mass is 9.75. The van der Waals surface area contributed by atoms with Gasteiger partial charge in [-0.05, 0) is 111 Å². The zero-order valence-corrected chi connectivity index (χ0v) is 27.0. The fourth-order valence-corrected chi connectivity index (χ4v) is 9.35. The lowest BCUT2D eigenvalue weighted by Crippen LogP contribution is -2.35. The Hall–Kier alpha value is 0.0300. The third kappa shape index (κ3) is 9.57. The summed E-state index contributed by atoms with van der Waals surface area (Å²) < 4.78 is 12.9. The van der Waals surface area contributed by atoms with Gasteiger partial charge in [-0.3, -0.25) is 9.88 Å². The molecular formula is C30H53N2O2PS2. The molecule has 212 valence electrons. The molecule has 3 aliphatic rings. The fourth-order valence-electron chi connectivity index (χ4n) is 6.74. The monoisotopic (exact) mass is 568 g/mol. The number of thiol groups is 1. The number of nitrogens with zero attached hydrogens (tertiary/aromatic N) is 2. The number of pyridine rings is 1. The van der Waals surface area contributed by atoms with Crippen LogP contribution in [0.15, 0.2) is 24.5 Å². The van der Waals surface area contributed by atoms with Crippen molar-refractivity contribution in [2.75, 3.05) is 13.6 Å². The van der Waals surface area contributed by atoms with Crippen LogP contribution in [-0.2, 0) is 20.9 Å². The molecule has 1 aromatic rings. The summed E-state index contributed by atoms with van der Waals surface area (Å²) in [4.78, 5) is 6.54. The highest BCUT2D eigenvalue weighted by Crippen LogP contribution is 2.59. The average Bonchev–Trinajstić information content (AvgIpc) is 3.25. The molecule has 0 bridgehead atoms. The normalized spacial score (nSPS) is 33.4. The van der Waals surface area contributed by atoms with E-state index in [0.29, 0.717) is 41.5 Å². The van der Waals surface area contributed by atoms with E-state index in [-0.39, 0.29) is 12.2 Å². The van der Waals surface area contributed by atoms with Crippen molar-refractivity contribution in [3.8, 4) is 0 Å². The highest BCUT2D eigenvalue weighted by molar-refractivity contribution is 8.60. The van der Waals surface area contributed by atoms with Gasteiger partial charge in [-0.15, -0.1) is 0 Å². The second-order valence-electron chi connectivity index (χ2n) is 12.8. The van der Waals surface area contributed by atoms with Crippen LogP contribution >= 0.6 is 17.9 Å². The van der Waals surface area contributed by atoms with Gasteiger partial charge in [-0.1, -0.05) is 72.7 Å². The van der Waals surface area contributed by atoms with Crippen molar-refractivity contribution in [1.82, 2.24) is 9.88 Å². The topological polar surface area (TPSA) is 34.6 Å². The molecule has 0 radical (unpaired) electrons. The molecule has 4 nitrogen and oxygen atoms in total. The molecule has 2 saturated carbocycles. The Morgan fingerprint density at radius 1 is 0.946 bits per heavy atom. The highest BCUT2D eigenvalue weighted by atomic mass is 32.9. The van der Waals surface area contributed by atoms with Crippen LogP contribution in [0.3, 0.4) is 0 Å². The van der Waals surface area contributed by atoms with Crippen LogP contribution in [0.2, 0.25) is 0 Å². The Morgan fingerprint density at radius 2 is 1.49 bits per heavy atom. The van der Waals surface area contributed by atoms with E-state index in [1.165, 1.54) is 50.6 Å². The standard InChI is InChI=1S/C20H39O2PS2.C10H14N2/c1-13(2)17-9-7-15(5)11-19(17)21-23(24,25)22-20-12-16(6)8-10-18(20)14(3)4;1-12-7-3-5-10(12)9-4-2-6-11-8-9/h13-20H,7-12H2,1-6H3,(H,24,25);2,4,6,8,10H,3,5,7H2,1H3/t15-,16-,17+,18+,19-,20-;10-/m10/s1. The number of hydrogen-bond acceptors (Lipinski definition) is 5. The minimum Gasteiger partial charge on any atom is -0.318 e. The van der Waals surface area contributed by atoms with E-state index < -0.39 is 5.69 Å². The first-order valence-electron chi connectivity index (χ1n) is 14.8. The zero-order valence-electron chi connectivity index (χ0n) is 24.4. The number of rotatable bonds is 7. The van der Waals surface area contributed by atoms with Crippen LogP contribution < -0.4 is 0 Å². The first-order valence-corrected chi connectivity index (χ1v) is 18.6. The third-order valence-electron chi connectivity index (χ3n) is 9.05. The van der Waals surface area contributed by atoms with Crippen molar-refractivity contribution in [1.29, 1.82) is 0 Å². The maximum absolute atomic E-state index is 6.46. The van der Waals surface area contributed by atoms with Gasteiger partial charge in [0.15, 0.2) is 0 Å². The van der Waals surface area contributed by atoms with Gasteiger partial charge in [0.25, 0.3) is 0 Å². The fraction of sp³-hybridized carbons (Fsp3) is 0.833. The predicted molar refractivity (Wildman–Crippen MR) is 165 cm³/mol. The van der Waals surface area contributed by atoms with Crippen molar-refractivity contribution >= 4 is 29.7 Å². The largest absolute Gasteiger partial charge is 0.318 e. The molecule has 1 aromatic heterocycles. The molecule has 2 heterocycles. The predicted octanol–water partition coefficient (Wildman–Crippen LogP) is 8.94. The van der Waals surface area contributed by atoms with Gasteiger partial charge in [-0.25, -0.2) is 0 Å². The summed E-state index contributed by atoms with van der Waals surface area (Å²) in [5.41, 5.74) is -1.15. The lowest BCUT2D eigenvalue weighted by molar-refractivity contribution is 0.0143. The SMILES string of the molecule is CC(C)[C@@H]1CC[C@@H](C)C[C@H]1OP(=S)(S)O[C@@H]1C[C@H](C)CC[C@H]1C(C)C.CN1CCC[C@H]1c1cccnc1. The summed E-state index contributed by atoms with van der Waals surface area (Å²) in [6.45, 7) is 15.1. The van der Waals surface area contributed by atoms with E-state index in [1.807, 2.05) is 18.5 Å². The minimum atomic E-state index is -2.51. The maximum atomic E-state index is 6.46. The average molecular weight is 569 g/mol. The molecule has 0 unspecified atom stereocenters. The molecule has 7 atom stereocenters. The molecule has 0 amide bonds. The molecule has 2 aliphatic carbocycles. The number of hydrogen-bond donors (Lipinski definition) is 1. The van der Waals surface area contributed by atoms with E-state index in [0.717, 1.165) is 12.8 Å². The van der Waals surface area contributed by atoms with Crippen LogP contribution in [0, 0.1) is 35.5 Å². The van der Waals surface area contributed by atoms with E-state index in [9.17, 15) is 0 Å². The molecule has 3 fully saturated rings. The highest BCUT2D eigenvalue weighted by Gasteiger charge is 2.38. The lowest BCUT2D eigenvalue weighted by Gasteiger charge is -2.42. The van der Waals surface area contributed by atoms with Crippen molar-refractivity contribution < 1.29 is 9.05 Å². The molecule has 1 saturated heterocycles. The number of aromatic nitrogens is 1. The van der Waals surface area contributed by atoms with Crippen LogP contribution in [-0.4, -0.2) is 35.7 Å². The Bertz CT molecular complexity index is 817. The Balaban J connectivity index is 0.000000262. The summed E-state index contributed by atoms with van der Waals surface area (Å²) in [6.07, 6.45) is 14.1. The Kier molecular flexibility index (Phi) is 12.5. The van der Waals surface area contributed by atoms with Crippen LogP contribution in [0.4, 0.5) is 0 Å². The second kappa shape index (κ2) is 14.6. The Labute approximate surface area is 238 Å². The Morgan fingerprint density at radius 3 is 1.89 bits per heavy atom. The van der Waals surface area contributed by atoms with Crippen LogP contribution in [0.1, 0.15) is 105 Å². The van der Waals surface area contributed by atoms with Crippen molar-refractivity contribution in [2.45, 2.75) is 111 Å². The molecule has 7 heteroatoms. The van der Waals surface area contributed by atoms with Crippen LogP contribution in [0.25, 0.3) is 0 Å². The van der Waals surface area contributed by atoms with Gasteiger partial charge in [0.05, 0.1) is 12.2 Å². The van der Waals surface area contributed by atoms with Crippen molar-refractivity contribution in [3.05, 3.63) is 30.1 Å². The van der Waals surface area contributed by atoms with Crippen molar-refractivity contribution in [3.63, 3.8) is 0 Å². The first kappa shape index (κ1) is 31.6. The molecule has 1 aliphatic heterocycles. The van der Waals surface area contributed by atoms with Crippen LogP contribution in [0.5, 0.6) is 0 Å². The summed E-state index contributed by atoms with van der Waals surface area (Å²) in [5.74, 6) is 3.83. The van der Waals surface area contributed by atoms with Gasteiger partial charge in [0.1, 0.15) is 0 Å². The first-order chi connectivity index (χ1) is 17.5. The second-order valence-corrected chi connectivity index (χ2v) is 18.0. The molecule has 0 N–H and O–H groups in total.